The van der Waals surface area contributed by atoms with Crippen molar-refractivity contribution in [1.29, 1.82) is 0 Å². The highest BCUT2D eigenvalue weighted by molar-refractivity contribution is 5.06. The van der Waals surface area contributed by atoms with E-state index in [2.05, 4.69) is 5.32 Å². The van der Waals surface area contributed by atoms with Crippen LogP contribution in [0.1, 0.15) is 26.2 Å². The molecule has 0 amide bonds. The second-order valence-electron chi connectivity index (χ2n) is 4.18. The van der Waals surface area contributed by atoms with Gasteiger partial charge in [0.1, 0.15) is 0 Å². The van der Waals surface area contributed by atoms with Crippen LogP contribution in [0.25, 0.3) is 0 Å². The van der Waals surface area contributed by atoms with Crippen molar-refractivity contribution in [2.24, 2.45) is 5.41 Å². The maximum absolute atomic E-state index is 9.81. The lowest BCUT2D eigenvalue weighted by Crippen LogP contribution is -2.61. The second-order valence-corrected chi connectivity index (χ2v) is 4.18. The Bertz CT molecular complexity index is 176. The zero-order chi connectivity index (χ0) is 9.31. The first kappa shape index (κ1) is 9.44. The fraction of sp³-hybridized carbons (Fsp3) is 1.00. The third kappa shape index (κ3) is 1.39. The van der Waals surface area contributed by atoms with Gasteiger partial charge in [0, 0.05) is 18.4 Å². The molecule has 0 radical (unpaired) electrons. The molecule has 2 N–H and O–H groups in total. The summed E-state index contributed by atoms with van der Waals surface area (Å²) in [4.78, 5) is 0. The molecule has 2 atom stereocenters. The van der Waals surface area contributed by atoms with Crippen LogP contribution in [0.3, 0.4) is 0 Å². The lowest BCUT2D eigenvalue weighted by atomic mass is 9.58. The first-order valence-corrected chi connectivity index (χ1v) is 5.30. The molecule has 3 nitrogen and oxygen atoms in total. The molecule has 2 fully saturated rings. The lowest BCUT2D eigenvalue weighted by molar-refractivity contribution is -0.201. The van der Waals surface area contributed by atoms with Crippen LogP contribution in [0.4, 0.5) is 0 Å². The van der Waals surface area contributed by atoms with Crippen molar-refractivity contribution in [3.05, 3.63) is 0 Å². The van der Waals surface area contributed by atoms with E-state index in [1.807, 2.05) is 6.92 Å². The Kier molecular flexibility index (Phi) is 2.58. The number of ether oxygens (including phenoxy) is 1. The van der Waals surface area contributed by atoms with Crippen LogP contribution in [0.2, 0.25) is 0 Å². The summed E-state index contributed by atoms with van der Waals surface area (Å²) in [6.45, 7) is 4.85. The summed E-state index contributed by atoms with van der Waals surface area (Å²) < 4.78 is 5.65. The number of nitrogens with one attached hydrogen (secondary N) is 1. The van der Waals surface area contributed by atoms with Crippen LogP contribution < -0.4 is 5.32 Å². The number of aliphatic hydroxyl groups is 1. The molecule has 13 heavy (non-hydrogen) atoms. The van der Waals surface area contributed by atoms with Crippen molar-refractivity contribution in [2.75, 3.05) is 19.7 Å². The number of hydrogen-bond acceptors (Lipinski definition) is 3. The Hall–Kier alpha value is -0.120. The molecule has 1 aliphatic carbocycles. The lowest BCUT2D eigenvalue weighted by Gasteiger charge is -2.55. The zero-order valence-corrected chi connectivity index (χ0v) is 8.25. The number of hydrogen-bond donors (Lipinski definition) is 2. The van der Waals surface area contributed by atoms with E-state index in [0.29, 0.717) is 6.10 Å². The van der Waals surface area contributed by atoms with Crippen LogP contribution in [0.5, 0.6) is 0 Å². The van der Waals surface area contributed by atoms with Crippen molar-refractivity contribution in [1.82, 2.24) is 5.32 Å². The Morgan fingerprint density at radius 3 is 2.69 bits per heavy atom. The van der Waals surface area contributed by atoms with Gasteiger partial charge in [0.25, 0.3) is 0 Å². The van der Waals surface area contributed by atoms with Gasteiger partial charge in [-0.3, -0.25) is 0 Å². The van der Waals surface area contributed by atoms with Gasteiger partial charge in [-0.05, 0) is 32.9 Å². The molecule has 0 aromatic carbocycles. The van der Waals surface area contributed by atoms with E-state index in [9.17, 15) is 5.11 Å². The summed E-state index contributed by atoms with van der Waals surface area (Å²) in [6, 6.07) is 0. The molecule has 0 unspecified atom stereocenters. The Balaban J connectivity index is 1.99. The van der Waals surface area contributed by atoms with Crippen molar-refractivity contribution in [2.45, 2.75) is 38.4 Å². The average molecular weight is 185 g/mol. The molecular formula is C10H19NO2. The van der Waals surface area contributed by atoms with E-state index in [1.165, 1.54) is 0 Å². The Morgan fingerprint density at radius 2 is 2.15 bits per heavy atom. The predicted octanol–water partition coefficient (Wildman–Crippen LogP) is 0.526. The molecule has 1 spiro atoms. The topological polar surface area (TPSA) is 41.5 Å². The summed E-state index contributed by atoms with van der Waals surface area (Å²) in [5, 5.41) is 13.1. The van der Waals surface area contributed by atoms with E-state index in [-0.39, 0.29) is 11.5 Å². The van der Waals surface area contributed by atoms with Crippen molar-refractivity contribution in [3.63, 3.8) is 0 Å². The van der Waals surface area contributed by atoms with Gasteiger partial charge in [-0.1, -0.05) is 0 Å². The molecule has 3 heteroatoms. The number of aliphatic hydroxyl groups excluding tert-OH is 1. The molecule has 0 aromatic rings. The van der Waals surface area contributed by atoms with E-state index in [0.717, 1.165) is 39.0 Å². The number of piperidine rings is 1. The fourth-order valence-corrected chi connectivity index (χ4v) is 2.71. The average Bonchev–Trinajstić information content (AvgIpc) is 2.19. The molecule has 76 valence electrons. The second kappa shape index (κ2) is 3.56. The minimum absolute atomic E-state index is 0.0985. The van der Waals surface area contributed by atoms with Gasteiger partial charge in [0.15, 0.2) is 0 Å². The molecule has 1 saturated heterocycles. The van der Waals surface area contributed by atoms with E-state index in [4.69, 9.17) is 4.74 Å². The summed E-state index contributed by atoms with van der Waals surface area (Å²) in [6.07, 6.45) is 3.17. The summed E-state index contributed by atoms with van der Waals surface area (Å²) in [7, 11) is 0. The van der Waals surface area contributed by atoms with Crippen LogP contribution in [-0.2, 0) is 4.74 Å². The third-order valence-corrected chi connectivity index (χ3v) is 3.64. The molecule has 1 heterocycles. The van der Waals surface area contributed by atoms with Crippen molar-refractivity contribution < 1.29 is 9.84 Å². The van der Waals surface area contributed by atoms with Gasteiger partial charge in [-0.25, -0.2) is 0 Å². The third-order valence-electron chi connectivity index (χ3n) is 3.64. The Labute approximate surface area is 79.5 Å². The quantitative estimate of drug-likeness (QED) is 0.659. The van der Waals surface area contributed by atoms with Gasteiger partial charge in [0.2, 0.25) is 0 Å². The molecule has 2 aliphatic rings. The maximum atomic E-state index is 9.81. The van der Waals surface area contributed by atoms with Crippen LogP contribution >= 0.6 is 0 Å². The van der Waals surface area contributed by atoms with Gasteiger partial charge in [0.05, 0.1) is 12.2 Å². The molecule has 1 saturated carbocycles. The monoisotopic (exact) mass is 185 g/mol. The van der Waals surface area contributed by atoms with E-state index < -0.39 is 0 Å². The van der Waals surface area contributed by atoms with Gasteiger partial charge in [-0.15, -0.1) is 0 Å². The largest absolute Gasteiger partial charge is 0.392 e. The Morgan fingerprint density at radius 1 is 1.46 bits per heavy atom. The maximum Gasteiger partial charge on any atom is 0.0681 e. The normalized spacial score (nSPS) is 37.4. The minimum atomic E-state index is -0.119. The molecule has 1 aliphatic heterocycles. The highest BCUT2D eigenvalue weighted by atomic mass is 16.5. The molecule has 2 rings (SSSR count). The fourth-order valence-electron chi connectivity index (χ4n) is 2.71. The standard InChI is InChI=1S/C10H19NO2/c1-2-13-9-7-8(12)10(9)3-5-11-6-4-10/h8-9,11-12H,2-7H2,1H3/t8-,9-/m1/s1. The van der Waals surface area contributed by atoms with Crippen LogP contribution in [0, 0.1) is 5.41 Å². The van der Waals surface area contributed by atoms with Crippen LogP contribution in [0.15, 0.2) is 0 Å². The zero-order valence-electron chi connectivity index (χ0n) is 8.25. The summed E-state index contributed by atoms with van der Waals surface area (Å²) >= 11 is 0. The smallest absolute Gasteiger partial charge is 0.0681 e. The first-order chi connectivity index (χ1) is 6.29. The van der Waals surface area contributed by atoms with Crippen molar-refractivity contribution >= 4 is 0 Å². The first-order valence-electron chi connectivity index (χ1n) is 5.30. The van der Waals surface area contributed by atoms with Gasteiger partial charge < -0.3 is 15.2 Å². The highest BCUT2D eigenvalue weighted by Crippen LogP contribution is 2.49. The highest BCUT2D eigenvalue weighted by Gasteiger charge is 2.55. The van der Waals surface area contributed by atoms with E-state index >= 15 is 0 Å². The van der Waals surface area contributed by atoms with Gasteiger partial charge in [-0.2, -0.15) is 0 Å². The van der Waals surface area contributed by atoms with Crippen LogP contribution in [-0.4, -0.2) is 37.0 Å². The minimum Gasteiger partial charge on any atom is -0.392 e. The SMILES string of the molecule is CCO[C@@H]1C[C@@H](O)C12CCNCC2. The summed E-state index contributed by atoms with van der Waals surface area (Å²) in [5.41, 5.74) is 0.0985. The molecule has 0 aromatic heterocycles. The summed E-state index contributed by atoms with van der Waals surface area (Å²) in [5.74, 6) is 0. The predicted molar refractivity (Wildman–Crippen MR) is 50.6 cm³/mol. The number of rotatable bonds is 2. The van der Waals surface area contributed by atoms with E-state index in [1.54, 1.807) is 0 Å². The molecule has 0 bridgehead atoms. The molecular weight excluding hydrogens is 166 g/mol. The van der Waals surface area contributed by atoms with Gasteiger partial charge >= 0.3 is 0 Å². The van der Waals surface area contributed by atoms with Crippen molar-refractivity contribution in [3.8, 4) is 0 Å².